The minimum Gasteiger partial charge on any atom is -0.452 e. The molecule has 1 amide bonds. The summed E-state index contributed by atoms with van der Waals surface area (Å²) in [4.78, 5) is 22.5. The Morgan fingerprint density at radius 1 is 1.47 bits per heavy atom. The third kappa shape index (κ3) is 5.52. The quantitative estimate of drug-likeness (QED) is 0.668. The third-order valence-electron chi connectivity index (χ3n) is 2.04. The fourth-order valence-corrected chi connectivity index (χ4v) is 1.33. The van der Waals surface area contributed by atoms with Gasteiger partial charge in [-0.2, -0.15) is 0 Å². The molecule has 0 bridgehead atoms. The van der Waals surface area contributed by atoms with E-state index in [0.717, 1.165) is 6.07 Å². The van der Waals surface area contributed by atoms with Crippen molar-refractivity contribution in [3.05, 3.63) is 41.2 Å². The van der Waals surface area contributed by atoms with Crippen LogP contribution in [0.5, 0.6) is 0 Å². The van der Waals surface area contributed by atoms with Crippen LogP contribution in [0.3, 0.4) is 0 Å². The van der Waals surface area contributed by atoms with E-state index in [2.05, 4.69) is 10.1 Å². The predicted octanol–water partition coefficient (Wildman–Crippen LogP) is 2.93. The lowest BCUT2D eigenvalue weighted by Crippen LogP contribution is -2.20. The van der Waals surface area contributed by atoms with Gasteiger partial charge in [-0.25, -0.2) is 9.18 Å². The van der Waals surface area contributed by atoms with Crippen molar-refractivity contribution in [1.29, 1.82) is 0 Å². The molecule has 0 heterocycles. The van der Waals surface area contributed by atoms with Crippen molar-refractivity contribution < 1.29 is 18.7 Å². The Hall–Kier alpha value is -1.88. The first kappa shape index (κ1) is 15.2. The summed E-state index contributed by atoms with van der Waals surface area (Å²) >= 11 is 5.58. The van der Waals surface area contributed by atoms with E-state index in [4.69, 9.17) is 11.6 Å². The van der Waals surface area contributed by atoms with Crippen LogP contribution in [0.4, 0.5) is 10.1 Å². The molecule has 0 aliphatic rings. The third-order valence-corrected chi connectivity index (χ3v) is 2.28. The molecule has 1 N–H and O–H groups in total. The van der Waals surface area contributed by atoms with Gasteiger partial charge >= 0.3 is 5.97 Å². The van der Waals surface area contributed by atoms with Crippen LogP contribution in [-0.2, 0) is 14.3 Å². The number of carbonyl (C=O) groups excluding carboxylic acids is 2. The summed E-state index contributed by atoms with van der Waals surface area (Å²) in [7, 11) is 0. The van der Waals surface area contributed by atoms with E-state index in [1.807, 2.05) is 6.92 Å². The summed E-state index contributed by atoms with van der Waals surface area (Å²) in [6.45, 7) is 1.38. The topological polar surface area (TPSA) is 55.4 Å². The first-order chi connectivity index (χ1) is 9.02. The number of ether oxygens (including phenoxy) is 1. The number of nitrogens with one attached hydrogen (secondary N) is 1. The molecule has 1 aromatic carbocycles. The van der Waals surface area contributed by atoms with Gasteiger partial charge in [-0.3, -0.25) is 4.79 Å². The molecule has 0 radical (unpaired) electrons. The number of esters is 1. The second-order valence-corrected chi connectivity index (χ2v) is 4.03. The molecule has 0 atom stereocenters. The molecule has 0 spiro atoms. The molecule has 0 aliphatic carbocycles. The molecule has 0 fully saturated rings. The fraction of sp³-hybridized carbons (Fsp3) is 0.231. The first-order valence-corrected chi connectivity index (χ1v) is 5.99. The lowest BCUT2D eigenvalue weighted by Gasteiger charge is -2.06. The lowest BCUT2D eigenvalue weighted by molar-refractivity contribution is -0.142. The van der Waals surface area contributed by atoms with E-state index in [-0.39, 0.29) is 10.7 Å². The van der Waals surface area contributed by atoms with Crippen LogP contribution >= 0.6 is 11.6 Å². The zero-order chi connectivity index (χ0) is 14.3. The highest BCUT2D eigenvalue weighted by atomic mass is 35.5. The molecule has 0 saturated heterocycles. The predicted molar refractivity (Wildman–Crippen MR) is 70.4 cm³/mol. The second-order valence-electron chi connectivity index (χ2n) is 3.59. The van der Waals surface area contributed by atoms with Gasteiger partial charge in [-0.15, -0.1) is 0 Å². The van der Waals surface area contributed by atoms with Crippen molar-refractivity contribution in [2.24, 2.45) is 0 Å². The highest BCUT2D eigenvalue weighted by Crippen LogP contribution is 2.18. The molecule has 1 rings (SSSR count). The fourth-order valence-electron chi connectivity index (χ4n) is 1.18. The molecule has 6 heteroatoms. The summed E-state index contributed by atoms with van der Waals surface area (Å²) < 4.78 is 18.0. The lowest BCUT2D eigenvalue weighted by atomic mass is 10.3. The van der Waals surface area contributed by atoms with Crippen LogP contribution in [-0.4, -0.2) is 18.5 Å². The Kier molecular flexibility index (Phi) is 6.02. The van der Waals surface area contributed by atoms with Crippen LogP contribution in [0.1, 0.15) is 13.3 Å². The Bertz CT molecular complexity index is 503. The van der Waals surface area contributed by atoms with Gasteiger partial charge in [0.25, 0.3) is 5.91 Å². The Morgan fingerprint density at radius 2 is 2.21 bits per heavy atom. The summed E-state index contributed by atoms with van der Waals surface area (Å²) in [6, 6.07) is 3.85. The van der Waals surface area contributed by atoms with E-state index in [9.17, 15) is 14.0 Å². The van der Waals surface area contributed by atoms with Gasteiger partial charge in [0.1, 0.15) is 5.82 Å². The van der Waals surface area contributed by atoms with Crippen molar-refractivity contribution in [3.63, 3.8) is 0 Å². The SMILES string of the molecule is CC/C=C/C(=O)OCC(=O)Nc1ccc(Cl)cc1F. The molecule has 4 nitrogen and oxygen atoms in total. The first-order valence-electron chi connectivity index (χ1n) is 5.61. The number of amides is 1. The molecule has 0 unspecified atom stereocenters. The normalized spacial score (nSPS) is 10.5. The van der Waals surface area contributed by atoms with Gasteiger partial charge in [0.2, 0.25) is 0 Å². The number of hydrogen-bond donors (Lipinski definition) is 1. The minimum atomic E-state index is -0.655. The average Bonchev–Trinajstić information content (AvgIpc) is 2.37. The van der Waals surface area contributed by atoms with E-state index < -0.39 is 24.3 Å². The highest BCUT2D eigenvalue weighted by Gasteiger charge is 2.09. The van der Waals surface area contributed by atoms with E-state index >= 15 is 0 Å². The number of hydrogen-bond acceptors (Lipinski definition) is 3. The summed E-state index contributed by atoms with van der Waals surface area (Å²) in [5.74, 6) is -1.90. The van der Waals surface area contributed by atoms with Crippen molar-refractivity contribution in [3.8, 4) is 0 Å². The van der Waals surface area contributed by atoms with Crippen molar-refractivity contribution >= 4 is 29.2 Å². The van der Waals surface area contributed by atoms with Crippen LogP contribution in [0.15, 0.2) is 30.4 Å². The number of carbonyl (C=O) groups is 2. The molecular formula is C13H13ClFNO3. The maximum Gasteiger partial charge on any atom is 0.330 e. The molecule has 0 aliphatic heterocycles. The van der Waals surface area contributed by atoms with E-state index in [1.54, 1.807) is 6.08 Å². The maximum absolute atomic E-state index is 13.4. The Labute approximate surface area is 115 Å². The maximum atomic E-state index is 13.4. The van der Waals surface area contributed by atoms with Crippen LogP contribution < -0.4 is 5.32 Å². The van der Waals surface area contributed by atoms with Gasteiger partial charge in [0, 0.05) is 11.1 Å². The van der Waals surface area contributed by atoms with Gasteiger partial charge < -0.3 is 10.1 Å². The molecule has 102 valence electrons. The van der Waals surface area contributed by atoms with Crippen LogP contribution in [0.25, 0.3) is 0 Å². The second kappa shape index (κ2) is 7.53. The Morgan fingerprint density at radius 3 is 2.84 bits per heavy atom. The number of rotatable bonds is 5. The van der Waals surface area contributed by atoms with E-state index in [1.165, 1.54) is 18.2 Å². The zero-order valence-corrected chi connectivity index (χ0v) is 11.0. The molecule has 1 aromatic rings. The van der Waals surface area contributed by atoms with Crippen molar-refractivity contribution in [1.82, 2.24) is 0 Å². The van der Waals surface area contributed by atoms with Gasteiger partial charge in [-0.05, 0) is 24.6 Å². The monoisotopic (exact) mass is 285 g/mol. The van der Waals surface area contributed by atoms with E-state index in [0.29, 0.717) is 6.42 Å². The smallest absolute Gasteiger partial charge is 0.330 e. The summed E-state index contributed by atoms with van der Waals surface area (Å²) in [5, 5.41) is 2.50. The number of allylic oxidation sites excluding steroid dienone is 1. The molecular weight excluding hydrogens is 273 g/mol. The number of anilines is 1. The van der Waals surface area contributed by atoms with Gasteiger partial charge in [-0.1, -0.05) is 24.6 Å². The van der Waals surface area contributed by atoms with Gasteiger partial charge in [0.05, 0.1) is 5.69 Å². The van der Waals surface area contributed by atoms with Crippen molar-refractivity contribution in [2.75, 3.05) is 11.9 Å². The number of benzene rings is 1. The highest BCUT2D eigenvalue weighted by molar-refractivity contribution is 6.30. The minimum absolute atomic E-state index is 0.0189. The molecule has 19 heavy (non-hydrogen) atoms. The zero-order valence-electron chi connectivity index (χ0n) is 10.3. The summed E-state index contributed by atoms with van der Waals surface area (Å²) in [6.07, 6.45) is 3.53. The summed E-state index contributed by atoms with van der Waals surface area (Å²) in [5.41, 5.74) is -0.0189. The Balaban J connectivity index is 2.47. The van der Waals surface area contributed by atoms with Crippen molar-refractivity contribution in [2.45, 2.75) is 13.3 Å². The molecule has 0 saturated carbocycles. The van der Waals surface area contributed by atoms with Gasteiger partial charge in [0.15, 0.2) is 6.61 Å². The van der Waals surface area contributed by atoms with Crippen LogP contribution in [0, 0.1) is 5.82 Å². The molecule has 0 aromatic heterocycles. The average molecular weight is 286 g/mol. The largest absolute Gasteiger partial charge is 0.452 e. The van der Waals surface area contributed by atoms with Crippen LogP contribution in [0.2, 0.25) is 5.02 Å². The number of halogens is 2. The standard InChI is InChI=1S/C13H13ClFNO3/c1-2-3-4-13(18)19-8-12(17)16-11-6-5-9(14)7-10(11)15/h3-7H,2,8H2,1H3,(H,16,17)/b4-3+.